The number of likely N-dealkylation sites (tertiary alicyclic amines) is 1. The van der Waals surface area contributed by atoms with Crippen LogP contribution in [0.2, 0.25) is 0 Å². The maximum atomic E-state index is 14.2. The minimum absolute atomic E-state index is 0.0916. The van der Waals surface area contributed by atoms with Crippen molar-refractivity contribution in [2.24, 2.45) is 5.92 Å². The van der Waals surface area contributed by atoms with E-state index in [1.165, 1.54) is 11.6 Å². The van der Waals surface area contributed by atoms with Crippen LogP contribution in [-0.4, -0.2) is 58.5 Å². The zero-order chi connectivity index (χ0) is 23.3. The number of fused-ring (bicyclic) bond motifs is 2. The van der Waals surface area contributed by atoms with Gasteiger partial charge in [-0.3, -0.25) is 9.69 Å². The fourth-order valence-corrected chi connectivity index (χ4v) is 5.40. The third-order valence-corrected chi connectivity index (χ3v) is 7.56. The highest BCUT2D eigenvalue weighted by Gasteiger charge is 2.52. The number of hydrogen-bond donors (Lipinski definition) is 1. The molecule has 1 spiro atoms. The molecule has 0 unspecified atom stereocenters. The Hall–Kier alpha value is -3.16. The highest BCUT2D eigenvalue weighted by Crippen LogP contribution is 2.57. The number of halogens is 1. The van der Waals surface area contributed by atoms with Crippen molar-refractivity contribution in [3.05, 3.63) is 71.8 Å². The van der Waals surface area contributed by atoms with Crippen LogP contribution in [0.5, 0.6) is 0 Å². The van der Waals surface area contributed by atoms with E-state index >= 15 is 0 Å². The van der Waals surface area contributed by atoms with E-state index < -0.39 is 0 Å². The minimum atomic E-state index is -0.297. The van der Waals surface area contributed by atoms with Crippen LogP contribution in [-0.2, 0) is 5.41 Å². The lowest BCUT2D eigenvalue weighted by molar-refractivity contribution is 0.0940. The van der Waals surface area contributed by atoms with Crippen molar-refractivity contribution in [1.29, 1.82) is 0 Å². The molecule has 0 radical (unpaired) electrons. The molecule has 3 aromatic rings. The lowest BCUT2D eigenvalue weighted by Crippen LogP contribution is -2.28. The van der Waals surface area contributed by atoms with Crippen molar-refractivity contribution < 1.29 is 14.3 Å². The van der Waals surface area contributed by atoms with Crippen molar-refractivity contribution in [3.8, 4) is 11.1 Å². The number of aliphatic hydroxyl groups excluding tert-OH is 1. The summed E-state index contributed by atoms with van der Waals surface area (Å²) in [6, 6.07) is 12.7. The third-order valence-electron chi connectivity index (χ3n) is 7.56. The van der Waals surface area contributed by atoms with E-state index in [2.05, 4.69) is 25.8 Å². The number of anilines is 2. The van der Waals surface area contributed by atoms with Gasteiger partial charge in [0.05, 0.1) is 6.54 Å². The Morgan fingerprint density at radius 2 is 1.94 bits per heavy atom. The highest BCUT2D eigenvalue weighted by molar-refractivity contribution is 5.99. The first-order valence-electron chi connectivity index (χ1n) is 11.9. The molecule has 34 heavy (non-hydrogen) atoms. The molecule has 1 atom stereocenters. The highest BCUT2D eigenvalue weighted by atomic mass is 19.1. The average Bonchev–Trinajstić information content (AvgIpc) is 3.38. The van der Waals surface area contributed by atoms with Gasteiger partial charge in [-0.25, -0.2) is 14.4 Å². The van der Waals surface area contributed by atoms with E-state index in [0.717, 1.165) is 44.6 Å². The summed E-state index contributed by atoms with van der Waals surface area (Å²) in [5, 5.41) is 9.38. The van der Waals surface area contributed by atoms with Crippen LogP contribution in [0.15, 0.2) is 54.9 Å². The Morgan fingerprint density at radius 1 is 1.15 bits per heavy atom. The molecule has 0 amide bonds. The van der Waals surface area contributed by atoms with E-state index in [1.54, 1.807) is 30.6 Å². The van der Waals surface area contributed by atoms with Crippen LogP contribution in [0, 0.1) is 11.7 Å². The smallest absolute Gasteiger partial charge is 0.229 e. The molecular weight excluding hydrogens is 431 g/mol. The summed E-state index contributed by atoms with van der Waals surface area (Å²) in [5.41, 5.74) is 4.18. The fourth-order valence-electron chi connectivity index (χ4n) is 5.40. The summed E-state index contributed by atoms with van der Waals surface area (Å²) in [7, 11) is 0. The molecule has 1 saturated heterocycles. The number of aromatic nitrogens is 2. The van der Waals surface area contributed by atoms with E-state index in [4.69, 9.17) is 0 Å². The van der Waals surface area contributed by atoms with Gasteiger partial charge < -0.3 is 10.0 Å². The largest absolute Gasteiger partial charge is 0.396 e. The minimum Gasteiger partial charge on any atom is -0.396 e. The number of carbonyl (C=O) groups excluding carboxylic acids is 1. The number of benzene rings is 2. The molecule has 174 valence electrons. The summed E-state index contributed by atoms with van der Waals surface area (Å²) in [4.78, 5) is 26.4. The SMILES string of the molecule is O=C(CN1CC[C@H](CO)C1)c1ccc2c(c1)N(c1ncc(-c3ccccc3F)cn1)CC21CC1. The summed E-state index contributed by atoms with van der Waals surface area (Å²) in [6.45, 7) is 2.96. The number of nitrogens with zero attached hydrogens (tertiary/aromatic N) is 4. The molecule has 2 aliphatic heterocycles. The third kappa shape index (κ3) is 3.69. The van der Waals surface area contributed by atoms with E-state index in [-0.39, 0.29) is 29.5 Å². The van der Waals surface area contributed by atoms with E-state index in [1.807, 2.05) is 12.1 Å². The van der Waals surface area contributed by atoms with E-state index in [9.17, 15) is 14.3 Å². The predicted molar refractivity (Wildman–Crippen MR) is 128 cm³/mol. The summed E-state index contributed by atoms with van der Waals surface area (Å²) < 4.78 is 14.2. The quantitative estimate of drug-likeness (QED) is 0.564. The fraction of sp³-hybridized carbons (Fsp3) is 0.370. The lowest BCUT2D eigenvalue weighted by atomic mass is 9.96. The Bertz CT molecular complexity index is 1240. The number of rotatable bonds is 6. The van der Waals surface area contributed by atoms with Gasteiger partial charge in [-0.1, -0.05) is 30.3 Å². The number of aliphatic hydroxyl groups is 1. The van der Waals surface area contributed by atoms with Gasteiger partial charge in [-0.2, -0.15) is 0 Å². The zero-order valence-corrected chi connectivity index (χ0v) is 19.0. The molecule has 6 rings (SSSR count). The van der Waals surface area contributed by atoms with Crippen LogP contribution in [0.3, 0.4) is 0 Å². The molecule has 1 saturated carbocycles. The van der Waals surface area contributed by atoms with Crippen LogP contribution in [0.25, 0.3) is 11.1 Å². The topological polar surface area (TPSA) is 69.6 Å². The first-order valence-corrected chi connectivity index (χ1v) is 11.9. The van der Waals surface area contributed by atoms with Gasteiger partial charge in [-0.15, -0.1) is 0 Å². The lowest BCUT2D eigenvalue weighted by Gasteiger charge is -2.19. The van der Waals surface area contributed by atoms with Gasteiger partial charge in [-0.05, 0) is 49.4 Å². The van der Waals surface area contributed by atoms with E-state index in [0.29, 0.717) is 29.2 Å². The summed E-state index contributed by atoms with van der Waals surface area (Å²) >= 11 is 0. The molecule has 1 aliphatic carbocycles. The second-order valence-corrected chi connectivity index (χ2v) is 9.85. The molecule has 2 aromatic carbocycles. The number of ketones is 1. The average molecular weight is 459 g/mol. The van der Waals surface area contributed by atoms with Gasteiger partial charge in [0, 0.05) is 59.9 Å². The van der Waals surface area contributed by atoms with Crippen molar-refractivity contribution >= 4 is 17.4 Å². The Balaban J connectivity index is 1.27. The number of Topliss-reactive ketones (excluding diaryl/α,β-unsaturated/α-hetero) is 1. The molecule has 3 heterocycles. The predicted octanol–water partition coefficient (Wildman–Crippen LogP) is 3.96. The second-order valence-electron chi connectivity index (χ2n) is 9.85. The molecule has 3 aliphatic rings. The van der Waals surface area contributed by atoms with Gasteiger partial charge >= 0.3 is 0 Å². The zero-order valence-electron chi connectivity index (χ0n) is 19.0. The Kier molecular flexibility index (Phi) is 5.19. The first kappa shape index (κ1) is 21.4. The van der Waals surface area contributed by atoms with Gasteiger partial charge in [0.2, 0.25) is 5.95 Å². The Morgan fingerprint density at radius 3 is 2.65 bits per heavy atom. The molecule has 6 nitrogen and oxygen atoms in total. The summed E-state index contributed by atoms with van der Waals surface area (Å²) in [5.74, 6) is 0.630. The summed E-state index contributed by atoms with van der Waals surface area (Å²) in [6.07, 6.45) is 6.50. The van der Waals surface area contributed by atoms with Crippen molar-refractivity contribution in [2.45, 2.75) is 24.7 Å². The number of hydrogen-bond acceptors (Lipinski definition) is 6. The molecule has 0 bridgehead atoms. The van der Waals surface area contributed by atoms with Crippen molar-refractivity contribution in [2.75, 3.05) is 37.7 Å². The second kappa shape index (κ2) is 8.25. The number of carbonyl (C=O) groups is 1. The molecular formula is C27H27FN4O2. The van der Waals surface area contributed by atoms with Crippen LogP contribution < -0.4 is 4.90 Å². The van der Waals surface area contributed by atoms with Gasteiger partial charge in [0.15, 0.2) is 5.78 Å². The molecule has 1 N–H and O–H groups in total. The molecule has 1 aromatic heterocycles. The van der Waals surface area contributed by atoms with Crippen LogP contribution >= 0.6 is 0 Å². The maximum Gasteiger partial charge on any atom is 0.229 e. The molecule has 7 heteroatoms. The Labute approximate surface area is 198 Å². The standard InChI is InChI=1S/C27H27FN4O2/c28-23-4-2-1-3-21(23)20-12-29-26(30-13-20)32-17-27(8-9-27)22-6-5-19(11-24(22)32)25(34)15-31-10-7-18(14-31)16-33/h1-6,11-13,18,33H,7-10,14-17H2/t18-/m0/s1. The van der Waals surface area contributed by atoms with Crippen molar-refractivity contribution in [3.63, 3.8) is 0 Å². The maximum absolute atomic E-state index is 14.2. The van der Waals surface area contributed by atoms with Crippen LogP contribution in [0.4, 0.5) is 16.0 Å². The normalized spacial score (nSPS) is 20.6. The van der Waals surface area contributed by atoms with Crippen molar-refractivity contribution in [1.82, 2.24) is 14.9 Å². The van der Waals surface area contributed by atoms with Gasteiger partial charge in [0.25, 0.3) is 0 Å². The molecule has 2 fully saturated rings. The monoisotopic (exact) mass is 458 g/mol. The van der Waals surface area contributed by atoms with Crippen LogP contribution in [0.1, 0.15) is 35.2 Å². The first-order chi connectivity index (χ1) is 16.6. The van der Waals surface area contributed by atoms with Gasteiger partial charge in [0.1, 0.15) is 5.82 Å².